The molecule has 1 unspecified atom stereocenters. The first kappa shape index (κ1) is 9.57. The smallest absolute Gasteiger partial charge is 0.172 e. The van der Waals surface area contributed by atoms with Crippen LogP contribution in [0.25, 0.3) is 0 Å². The predicted molar refractivity (Wildman–Crippen MR) is 48.7 cm³/mol. The molecule has 0 N–H and O–H groups in total. The highest BCUT2D eigenvalue weighted by atomic mass is 28.4. The zero-order chi connectivity index (χ0) is 7.44. The zero-order valence-electron chi connectivity index (χ0n) is 6.68. The van der Waals surface area contributed by atoms with Gasteiger partial charge in [0.2, 0.25) is 0 Å². The maximum atomic E-state index is 3.50. The molecule has 5 heteroatoms. The maximum absolute atomic E-state index is 3.50. The summed E-state index contributed by atoms with van der Waals surface area (Å²) in [5.41, 5.74) is 0. The third-order valence-electron chi connectivity index (χ3n) is 1.70. The fourth-order valence-electron chi connectivity index (χ4n) is 0.560. The summed E-state index contributed by atoms with van der Waals surface area (Å²) < 4.78 is 4.70. The Kier molecular flexibility index (Phi) is 4.67. The van der Waals surface area contributed by atoms with Gasteiger partial charge in [0.1, 0.15) is 10.4 Å². The second-order valence-corrected chi connectivity index (χ2v) is 8.82. The minimum atomic E-state index is -0.728. The van der Waals surface area contributed by atoms with Gasteiger partial charge in [-0.2, -0.15) is 0 Å². The van der Waals surface area contributed by atoms with Crippen LogP contribution in [-0.4, -0.2) is 51.8 Å². The van der Waals surface area contributed by atoms with Crippen LogP contribution >= 0.6 is 0 Å². The third-order valence-corrected chi connectivity index (χ3v) is 8.89. The molecule has 0 amide bonds. The fraction of sp³-hybridized carbons (Fsp3) is 1.00. The van der Waals surface area contributed by atoms with E-state index in [1.54, 1.807) is 0 Å². The van der Waals surface area contributed by atoms with Gasteiger partial charge in [0, 0.05) is 0 Å². The van der Waals surface area contributed by atoms with Crippen LogP contribution in [0.4, 0.5) is 0 Å². The van der Waals surface area contributed by atoms with E-state index < -0.39 is 9.12 Å². The Morgan fingerprint density at radius 2 is 1.89 bits per heavy atom. The lowest BCUT2D eigenvalue weighted by atomic mass is 11.6. The first-order valence-electron chi connectivity index (χ1n) is 3.24. The van der Waals surface area contributed by atoms with Crippen molar-refractivity contribution < 1.29 is 0 Å². The van der Waals surface area contributed by atoms with Crippen molar-refractivity contribution in [2.45, 2.75) is 13.1 Å². The normalized spacial score (nSPS) is 16.3. The van der Waals surface area contributed by atoms with Gasteiger partial charge in [0.15, 0.2) is 9.12 Å². The van der Waals surface area contributed by atoms with Gasteiger partial charge in [-0.05, 0) is 20.6 Å². The molecule has 0 bridgehead atoms. The Morgan fingerprint density at radius 1 is 1.44 bits per heavy atom. The van der Waals surface area contributed by atoms with Crippen LogP contribution in [0, 0.1) is 0 Å². The van der Waals surface area contributed by atoms with Crippen molar-refractivity contribution in [2.75, 3.05) is 14.1 Å². The van der Waals surface area contributed by atoms with E-state index in [1.165, 1.54) is 0 Å². The van der Waals surface area contributed by atoms with E-state index in [2.05, 4.69) is 46.1 Å². The van der Waals surface area contributed by atoms with Gasteiger partial charge in [-0.3, -0.25) is 0 Å². The Bertz CT molecular complexity index is 78.2. The molecular weight excluding hydrogens is 160 g/mol. The molecule has 0 spiro atoms. The van der Waals surface area contributed by atoms with E-state index in [4.69, 9.17) is 0 Å². The third kappa shape index (κ3) is 3.31. The molecule has 0 saturated heterocycles. The van der Waals surface area contributed by atoms with Crippen LogP contribution in [0.1, 0.15) is 0 Å². The Labute approximate surface area is 65.4 Å². The van der Waals surface area contributed by atoms with Gasteiger partial charge in [-0.25, -0.2) is 0 Å². The second kappa shape index (κ2) is 4.40. The molecule has 53 valence electrons. The topological polar surface area (TPSA) is 6.48 Å². The lowest BCUT2D eigenvalue weighted by Crippen LogP contribution is -2.46. The molecule has 0 fully saturated rings. The minimum Gasteiger partial charge on any atom is -0.344 e. The van der Waals surface area contributed by atoms with E-state index >= 15 is 0 Å². The van der Waals surface area contributed by atoms with Crippen molar-refractivity contribution in [1.29, 1.82) is 0 Å². The fourth-order valence-corrected chi connectivity index (χ4v) is 5.08. The molecule has 0 saturated carbocycles. The van der Waals surface area contributed by atoms with E-state index in [1.807, 2.05) is 0 Å². The van der Waals surface area contributed by atoms with Gasteiger partial charge in [-0.1, -0.05) is 6.55 Å². The van der Waals surface area contributed by atoms with E-state index in [-0.39, 0.29) is 9.68 Å². The highest BCUT2D eigenvalue weighted by Gasteiger charge is 2.10. The molecule has 0 aliphatic rings. The second-order valence-electron chi connectivity index (χ2n) is 2.32. The molecule has 0 aromatic heterocycles. The zero-order valence-corrected chi connectivity index (χ0v) is 10.2. The monoisotopic (exact) mass is 175 g/mol. The summed E-state index contributed by atoms with van der Waals surface area (Å²) in [6, 6.07) is 0. The van der Waals surface area contributed by atoms with Crippen molar-refractivity contribution in [3.63, 3.8) is 0 Å². The van der Waals surface area contributed by atoms with E-state index in [0.717, 1.165) is 0 Å². The first-order chi connectivity index (χ1) is 4.09. The molecule has 1 atom stereocenters. The average Bonchev–Trinajstić information content (AvgIpc) is 1.84. The van der Waals surface area contributed by atoms with Crippen molar-refractivity contribution in [3.8, 4) is 0 Å². The molecule has 9 heavy (non-hydrogen) atoms. The van der Waals surface area contributed by atoms with Gasteiger partial charge < -0.3 is 8.46 Å². The van der Waals surface area contributed by atoms with Crippen molar-refractivity contribution in [3.05, 3.63) is 0 Å². The lowest BCUT2D eigenvalue weighted by molar-refractivity contribution is 0.703. The van der Waals surface area contributed by atoms with Crippen molar-refractivity contribution in [2.24, 2.45) is 0 Å². The van der Waals surface area contributed by atoms with Gasteiger partial charge in [0.25, 0.3) is 0 Å². The summed E-state index contributed by atoms with van der Waals surface area (Å²) in [6.07, 6.45) is 0. The van der Waals surface area contributed by atoms with Crippen LogP contribution in [0.15, 0.2) is 0 Å². The Morgan fingerprint density at radius 3 is 2.00 bits per heavy atom. The Hall–Kier alpha value is 0.571. The maximum Gasteiger partial charge on any atom is 0.172 e. The van der Waals surface area contributed by atoms with Gasteiger partial charge >= 0.3 is 0 Å². The van der Waals surface area contributed by atoms with Crippen molar-refractivity contribution in [1.82, 2.24) is 8.46 Å². The summed E-state index contributed by atoms with van der Waals surface area (Å²) in [7, 11) is 7.16. The van der Waals surface area contributed by atoms with Crippen LogP contribution in [-0.2, 0) is 0 Å². The van der Waals surface area contributed by atoms with Crippen LogP contribution in [0.2, 0.25) is 13.1 Å². The van der Waals surface area contributed by atoms with E-state index in [0.29, 0.717) is 0 Å². The van der Waals surface area contributed by atoms with Crippen LogP contribution < -0.4 is 0 Å². The Balaban J connectivity index is 3.58. The van der Waals surface area contributed by atoms with Crippen LogP contribution in [0.5, 0.6) is 0 Å². The highest BCUT2D eigenvalue weighted by molar-refractivity contribution is 6.64. The molecule has 3 radical (unpaired) electrons. The molecule has 0 heterocycles. The summed E-state index contributed by atoms with van der Waals surface area (Å²) in [5, 5.41) is 0. The van der Waals surface area contributed by atoms with Gasteiger partial charge in [-0.15, -0.1) is 0 Å². The number of hydrogen-bond donors (Lipinski definition) is 0. The minimum absolute atomic E-state index is 0.0704. The van der Waals surface area contributed by atoms with E-state index in [9.17, 15) is 0 Å². The predicted octanol–water partition coefficient (Wildman–Crippen LogP) is -1.08. The number of hydrogen-bond acceptors (Lipinski definition) is 2. The standard InChI is InChI=1S/C4H15N2Si3/c1-5(7)9(4)6(2)8-3/h9H,8H2,1-4H3. The highest BCUT2D eigenvalue weighted by Crippen LogP contribution is 1.89. The molecule has 0 rings (SSSR count). The lowest BCUT2D eigenvalue weighted by Gasteiger charge is -2.27. The van der Waals surface area contributed by atoms with Crippen LogP contribution in [0.3, 0.4) is 0 Å². The van der Waals surface area contributed by atoms with Gasteiger partial charge in [0.05, 0.1) is 9.68 Å². The molecule has 0 aliphatic carbocycles. The quantitative estimate of drug-likeness (QED) is 0.503. The molecule has 0 aromatic carbocycles. The molecular formula is C4H15N2Si3. The first-order valence-corrected chi connectivity index (χ1v) is 7.92. The van der Waals surface area contributed by atoms with Crippen molar-refractivity contribution >= 4 is 29.2 Å². The largest absolute Gasteiger partial charge is 0.344 e. The summed E-state index contributed by atoms with van der Waals surface area (Å²) in [4.78, 5) is 0. The number of nitrogens with zero attached hydrogens (tertiary/aromatic N) is 2. The SMILES string of the molecule is C[SiH2]N(C)[SiH](C)N(C)[Si]. The summed E-state index contributed by atoms with van der Waals surface area (Å²) in [5.74, 6) is 0. The molecule has 2 nitrogen and oxygen atoms in total. The summed E-state index contributed by atoms with van der Waals surface area (Å²) in [6.45, 7) is 4.64. The number of rotatable bonds is 3. The summed E-state index contributed by atoms with van der Waals surface area (Å²) >= 11 is 0. The molecule has 0 aliphatic heterocycles. The average molecular weight is 175 g/mol. The molecule has 0 aromatic rings.